The van der Waals surface area contributed by atoms with Gasteiger partial charge in [-0.2, -0.15) is 0 Å². The molecular weight excluding hydrogens is 287 g/mol. The Bertz CT molecular complexity index is 529. The van der Waals surface area contributed by atoms with Gasteiger partial charge in [-0.1, -0.05) is 17.7 Å². The Balaban J connectivity index is 2.92. The second kappa shape index (κ2) is 6.09. The van der Waals surface area contributed by atoms with E-state index >= 15 is 0 Å². The topological polar surface area (TPSA) is 81.4 Å². The number of nitrogens with one attached hydrogen (secondary N) is 1. The van der Waals surface area contributed by atoms with E-state index in [4.69, 9.17) is 22.1 Å². The molecule has 0 radical (unpaired) electrons. The van der Waals surface area contributed by atoms with Crippen molar-refractivity contribution in [3.05, 3.63) is 34.6 Å². The molecule has 0 saturated heterocycles. The number of primary amides is 1. The summed E-state index contributed by atoms with van der Waals surface area (Å²) in [6.45, 7) is 5.04. The van der Waals surface area contributed by atoms with Gasteiger partial charge in [0.1, 0.15) is 17.5 Å². The van der Waals surface area contributed by atoms with Crippen molar-refractivity contribution in [1.29, 1.82) is 0 Å². The van der Waals surface area contributed by atoms with Crippen molar-refractivity contribution in [2.24, 2.45) is 5.73 Å². The third-order valence-corrected chi connectivity index (χ3v) is 2.51. The van der Waals surface area contributed by atoms with Crippen LogP contribution in [0.25, 0.3) is 0 Å². The van der Waals surface area contributed by atoms with E-state index in [-0.39, 0.29) is 10.6 Å². The normalized spacial score (nSPS) is 12.7. The zero-order valence-electron chi connectivity index (χ0n) is 11.4. The van der Waals surface area contributed by atoms with Crippen LogP contribution in [-0.2, 0) is 9.53 Å². The molecule has 0 aliphatic heterocycles. The lowest BCUT2D eigenvalue weighted by molar-refractivity contribution is -0.120. The van der Waals surface area contributed by atoms with Gasteiger partial charge in [0.15, 0.2) is 0 Å². The molecule has 1 rings (SSSR count). The first-order valence-corrected chi connectivity index (χ1v) is 6.22. The summed E-state index contributed by atoms with van der Waals surface area (Å²) in [6.07, 6.45) is -0.804. The average Bonchev–Trinajstić information content (AvgIpc) is 2.27. The highest BCUT2D eigenvalue weighted by Gasteiger charge is 2.24. The number of carbonyl (C=O) groups excluding carboxylic acids is 2. The van der Waals surface area contributed by atoms with E-state index in [1.807, 2.05) is 0 Å². The molecule has 1 unspecified atom stereocenters. The fourth-order valence-electron chi connectivity index (χ4n) is 1.44. The third kappa shape index (κ3) is 4.70. The van der Waals surface area contributed by atoms with Gasteiger partial charge in [-0.15, -0.1) is 0 Å². The van der Waals surface area contributed by atoms with Crippen LogP contribution < -0.4 is 11.1 Å². The SMILES string of the molecule is CC(C)(C)OC(=O)NC(C(N)=O)c1ccc(F)c(Cl)c1. The molecule has 1 aromatic rings. The molecular formula is C13H16ClFN2O3. The molecule has 20 heavy (non-hydrogen) atoms. The van der Waals surface area contributed by atoms with Gasteiger partial charge in [0.05, 0.1) is 5.02 Å². The molecule has 1 aromatic carbocycles. The quantitative estimate of drug-likeness (QED) is 0.900. The van der Waals surface area contributed by atoms with Crippen LogP contribution in [0, 0.1) is 5.82 Å². The third-order valence-electron chi connectivity index (χ3n) is 2.22. The van der Waals surface area contributed by atoms with Crippen LogP contribution in [0.5, 0.6) is 0 Å². The van der Waals surface area contributed by atoms with Crippen molar-refractivity contribution >= 4 is 23.6 Å². The first kappa shape index (κ1) is 16.2. The molecule has 110 valence electrons. The minimum absolute atomic E-state index is 0.167. The van der Waals surface area contributed by atoms with Gasteiger partial charge >= 0.3 is 6.09 Å². The highest BCUT2D eigenvalue weighted by molar-refractivity contribution is 6.30. The van der Waals surface area contributed by atoms with Crippen molar-refractivity contribution in [2.75, 3.05) is 0 Å². The fraction of sp³-hybridized carbons (Fsp3) is 0.385. The number of halogens is 2. The summed E-state index contributed by atoms with van der Waals surface area (Å²) in [4.78, 5) is 23.1. The Kier molecular flexibility index (Phi) is 4.94. The lowest BCUT2D eigenvalue weighted by Gasteiger charge is -2.22. The second-order valence-corrected chi connectivity index (χ2v) is 5.56. The Labute approximate surface area is 121 Å². The van der Waals surface area contributed by atoms with E-state index in [0.29, 0.717) is 0 Å². The lowest BCUT2D eigenvalue weighted by atomic mass is 10.1. The standard InChI is InChI=1S/C13H16ClFN2O3/c1-13(2,3)20-12(19)17-10(11(16)18)7-4-5-9(15)8(14)6-7/h4-6,10H,1-3H3,(H2,16,18)(H,17,19). The van der Waals surface area contributed by atoms with Crippen LogP contribution in [0.15, 0.2) is 18.2 Å². The molecule has 0 aliphatic rings. The minimum Gasteiger partial charge on any atom is -0.444 e. The summed E-state index contributed by atoms with van der Waals surface area (Å²) in [5.41, 5.74) is 4.78. The summed E-state index contributed by atoms with van der Waals surface area (Å²) in [6, 6.07) is 2.48. The van der Waals surface area contributed by atoms with Gasteiger partial charge in [-0.25, -0.2) is 9.18 Å². The van der Waals surface area contributed by atoms with Crippen LogP contribution in [0.1, 0.15) is 32.4 Å². The van der Waals surface area contributed by atoms with Crippen molar-refractivity contribution in [1.82, 2.24) is 5.32 Å². The van der Waals surface area contributed by atoms with Gasteiger partial charge in [0.2, 0.25) is 5.91 Å². The highest BCUT2D eigenvalue weighted by Crippen LogP contribution is 2.21. The van der Waals surface area contributed by atoms with E-state index in [2.05, 4.69) is 5.32 Å². The number of rotatable bonds is 3. The number of alkyl carbamates (subject to hydrolysis) is 1. The van der Waals surface area contributed by atoms with Gasteiger partial charge < -0.3 is 15.8 Å². The molecule has 0 bridgehead atoms. The van der Waals surface area contributed by atoms with Gasteiger partial charge in [-0.3, -0.25) is 4.79 Å². The lowest BCUT2D eigenvalue weighted by Crippen LogP contribution is -2.40. The summed E-state index contributed by atoms with van der Waals surface area (Å²) in [5, 5.41) is 2.15. The predicted octanol–water partition coefficient (Wildman–Crippen LogP) is 2.53. The molecule has 0 saturated carbocycles. The summed E-state index contributed by atoms with van der Waals surface area (Å²) in [5.74, 6) is -1.44. The number of benzene rings is 1. The number of hydrogen-bond acceptors (Lipinski definition) is 3. The molecule has 5 nitrogen and oxygen atoms in total. The maximum Gasteiger partial charge on any atom is 0.408 e. The van der Waals surface area contributed by atoms with Crippen molar-refractivity contribution in [3.63, 3.8) is 0 Å². The van der Waals surface area contributed by atoms with Crippen molar-refractivity contribution in [2.45, 2.75) is 32.4 Å². The van der Waals surface area contributed by atoms with Gasteiger partial charge in [-0.05, 0) is 38.5 Å². The zero-order valence-corrected chi connectivity index (χ0v) is 12.1. The molecule has 0 fully saturated rings. The van der Waals surface area contributed by atoms with E-state index in [0.717, 1.165) is 6.07 Å². The monoisotopic (exact) mass is 302 g/mol. The highest BCUT2D eigenvalue weighted by atomic mass is 35.5. The predicted molar refractivity (Wildman–Crippen MR) is 72.7 cm³/mol. The zero-order chi connectivity index (χ0) is 15.5. The number of ether oxygens (including phenoxy) is 1. The molecule has 0 aromatic heterocycles. The smallest absolute Gasteiger partial charge is 0.408 e. The average molecular weight is 303 g/mol. The first-order valence-electron chi connectivity index (χ1n) is 5.84. The van der Waals surface area contributed by atoms with Crippen LogP contribution in [0.3, 0.4) is 0 Å². The van der Waals surface area contributed by atoms with Gasteiger partial charge in [0, 0.05) is 0 Å². The Morgan fingerprint density at radius 3 is 2.45 bits per heavy atom. The minimum atomic E-state index is -1.15. The van der Waals surface area contributed by atoms with Crippen molar-refractivity contribution < 1.29 is 18.7 Å². The van der Waals surface area contributed by atoms with Crippen molar-refractivity contribution in [3.8, 4) is 0 Å². The Morgan fingerprint density at radius 2 is 2.00 bits per heavy atom. The summed E-state index contributed by atoms with van der Waals surface area (Å²) < 4.78 is 18.1. The summed E-state index contributed by atoms with van der Waals surface area (Å²) >= 11 is 5.63. The van der Waals surface area contributed by atoms with Crippen LogP contribution in [0.2, 0.25) is 5.02 Å². The molecule has 7 heteroatoms. The van der Waals surface area contributed by atoms with Crippen LogP contribution in [0.4, 0.5) is 9.18 Å². The fourth-order valence-corrected chi connectivity index (χ4v) is 1.63. The van der Waals surface area contributed by atoms with Crippen LogP contribution >= 0.6 is 11.6 Å². The largest absolute Gasteiger partial charge is 0.444 e. The number of amides is 2. The van der Waals surface area contributed by atoms with Gasteiger partial charge in [0.25, 0.3) is 0 Å². The summed E-state index contributed by atoms with van der Waals surface area (Å²) in [7, 11) is 0. The van der Waals surface area contributed by atoms with E-state index in [1.54, 1.807) is 20.8 Å². The molecule has 0 heterocycles. The van der Waals surface area contributed by atoms with E-state index in [9.17, 15) is 14.0 Å². The molecule has 2 amide bonds. The number of hydrogen-bond donors (Lipinski definition) is 2. The Morgan fingerprint density at radius 1 is 1.40 bits per heavy atom. The maximum absolute atomic E-state index is 13.1. The molecule has 3 N–H and O–H groups in total. The Hall–Kier alpha value is -1.82. The van der Waals surface area contributed by atoms with E-state index < -0.39 is 29.5 Å². The second-order valence-electron chi connectivity index (χ2n) is 5.16. The first-order chi connectivity index (χ1) is 9.10. The number of nitrogens with two attached hydrogens (primary N) is 1. The van der Waals surface area contributed by atoms with E-state index in [1.165, 1.54) is 12.1 Å². The number of carbonyl (C=O) groups is 2. The maximum atomic E-state index is 13.1. The molecule has 0 spiro atoms. The molecule has 1 atom stereocenters. The van der Waals surface area contributed by atoms with Crippen LogP contribution in [-0.4, -0.2) is 17.6 Å². The molecule has 0 aliphatic carbocycles.